The monoisotopic (exact) mass is 276 g/mol. The summed E-state index contributed by atoms with van der Waals surface area (Å²) >= 11 is 0. The molecule has 0 aromatic heterocycles. The van der Waals surface area contributed by atoms with Crippen molar-refractivity contribution in [2.45, 2.75) is 19.8 Å². The van der Waals surface area contributed by atoms with Crippen LogP contribution in [0.25, 0.3) is 0 Å². The van der Waals surface area contributed by atoms with Gasteiger partial charge in [0.25, 0.3) is 0 Å². The maximum absolute atomic E-state index is 11.7. The van der Waals surface area contributed by atoms with Crippen molar-refractivity contribution in [3.8, 4) is 11.8 Å². The Morgan fingerprint density at radius 3 is 2.70 bits per heavy atom. The zero-order chi connectivity index (χ0) is 15.0. The number of methoxy groups -OCH3 is 1. The molecule has 0 saturated heterocycles. The zero-order valence-electron chi connectivity index (χ0n) is 11.4. The van der Waals surface area contributed by atoms with Gasteiger partial charge in [-0.1, -0.05) is 0 Å². The summed E-state index contributed by atoms with van der Waals surface area (Å²) in [4.78, 5) is 22.8. The molecule has 6 nitrogen and oxygen atoms in total. The topological polar surface area (TPSA) is 88.4 Å². The minimum atomic E-state index is -0.408. The lowest BCUT2D eigenvalue weighted by Gasteiger charge is -2.10. The van der Waals surface area contributed by atoms with E-state index >= 15 is 0 Å². The summed E-state index contributed by atoms with van der Waals surface area (Å²) in [7, 11) is 1.45. The van der Waals surface area contributed by atoms with Crippen molar-refractivity contribution in [3.05, 3.63) is 23.8 Å². The number of hydrogen-bond acceptors (Lipinski definition) is 5. The van der Waals surface area contributed by atoms with Gasteiger partial charge in [-0.2, -0.15) is 5.26 Å². The maximum atomic E-state index is 11.7. The fraction of sp³-hybridized carbons (Fsp3) is 0.357. The number of benzene rings is 1. The summed E-state index contributed by atoms with van der Waals surface area (Å²) in [5.41, 5.74) is 0.895. The molecule has 0 radical (unpaired) electrons. The molecule has 0 spiro atoms. The van der Waals surface area contributed by atoms with E-state index in [1.165, 1.54) is 13.2 Å². The van der Waals surface area contributed by atoms with Gasteiger partial charge in [0.1, 0.15) is 5.75 Å². The van der Waals surface area contributed by atoms with Crippen LogP contribution in [-0.2, 0) is 14.3 Å². The minimum absolute atomic E-state index is 0.0261. The van der Waals surface area contributed by atoms with Crippen molar-refractivity contribution in [3.63, 3.8) is 0 Å². The number of anilines is 1. The number of ether oxygens (including phenoxy) is 2. The maximum Gasteiger partial charge on any atom is 0.306 e. The average Bonchev–Trinajstić information content (AvgIpc) is 2.46. The highest BCUT2D eigenvalue weighted by Crippen LogP contribution is 2.25. The fourth-order valence-corrected chi connectivity index (χ4v) is 1.53. The van der Waals surface area contributed by atoms with Crippen LogP contribution in [0.3, 0.4) is 0 Å². The van der Waals surface area contributed by atoms with Crippen molar-refractivity contribution < 1.29 is 19.1 Å². The second-order valence-corrected chi connectivity index (χ2v) is 3.88. The molecule has 0 unspecified atom stereocenters. The average molecular weight is 276 g/mol. The van der Waals surface area contributed by atoms with Crippen LogP contribution in [0.5, 0.6) is 5.75 Å². The van der Waals surface area contributed by atoms with E-state index in [-0.39, 0.29) is 18.7 Å². The number of carbonyl (C=O) groups excluding carboxylic acids is 2. The van der Waals surface area contributed by atoms with Crippen LogP contribution in [0.15, 0.2) is 18.2 Å². The SMILES string of the molecule is CCOC(=O)CCC(=O)Nc1ccc(C#N)cc1OC. The predicted molar refractivity (Wildman–Crippen MR) is 72.2 cm³/mol. The number of nitriles is 1. The Hall–Kier alpha value is -2.55. The summed E-state index contributed by atoms with van der Waals surface area (Å²) in [6, 6.07) is 6.67. The molecule has 0 bridgehead atoms. The van der Waals surface area contributed by atoms with E-state index in [2.05, 4.69) is 5.32 Å². The van der Waals surface area contributed by atoms with Gasteiger partial charge >= 0.3 is 5.97 Å². The highest BCUT2D eigenvalue weighted by atomic mass is 16.5. The van der Waals surface area contributed by atoms with Gasteiger partial charge in [0, 0.05) is 12.5 Å². The lowest BCUT2D eigenvalue weighted by Crippen LogP contribution is -2.15. The van der Waals surface area contributed by atoms with Gasteiger partial charge in [-0.05, 0) is 19.1 Å². The number of esters is 1. The molecule has 0 heterocycles. The van der Waals surface area contributed by atoms with Crippen molar-refractivity contribution in [1.82, 2.24) is 0 Å². The van der Waals surface area contributed by atoms with Gasteiger partial charge in [0.05, 0.1) is 37.5 Å². The van der Waals surface area contributed by atoms with Crippen LogP contribution in [0, 0.1) is 11.3 Å². The zero-order valence-corrected chi connectivity index (χ0v) is 11.4. The Kier molecular flexibility index (Phi) is 6.04. The molecule has 1 aromatic carbocycles. The molecule has 6 heteroatoms. The quantitative estimate of drug-likeness (QED) is 0.801. The van der Waals surface area contributed by atoms with E-state index in [1.54, 1.807) is 19.1 Å². The standard InChI is InChI=1S/C14H16N2O4/c1-3-20-14(18)7-6-13(17)16-11-5-4-10(9-15)8-12(11)19-2/h4-5,8H,3,6-7H2,1-2H3,(H,16,17). The van der Waals surface area contributed by atoms with Gasteiger partial charge in [0.2, 0.25) is 5.91 Å². The highest BCUT2D eigenvalue weighted by Gasteiger charge is 2.11. The van der Waals surface area contributed by atoms with E-state index in [0.29, 0.717) is 23.6 Å². The Morgan fingerprint density at radius 1 is 1.35 bits per heavy atom. The second kappa shape index (κ2) is 7.79. The van der Waals surface area contributed by atoms with Crippen molar-refractivity contribution in [2.24, 2.45) is 0 Å². The molecule has 0 aliphatic rings. The Bertz CT molecular complexity index is 534. The normalized spacial score (nSPS) is 9.45. The molecule has 1 rings (SSSR count). The molecule has 20 heavy (non-hydrogen) atoms. The Balaban J connectivity index is 2.62. The molecule has 0 fully saturated rings. The van der Waals surface area contributed by atoms with Crippen molar-refractivity contribution >= 4 is 17.6 Å². The molecule has 0 aliphatic carbocycles. The molecule has 0 atom stereocenters. The first kappa shape index (κ1) is 15.5. The van der Waals surface area contributed by atoms with E-state index in [0.717, 1.165) is 0 Å². The summed E-state index contributed by atoms with van der Waals surface area (Å²) < 4.78 is 9.83. The van der Waals surface area contributed by atoms with E-state index in [1.807, 2.05) is 6.07 Å². The Morgan fingerprint density at radius 2 is 2.10 bits per heavy atom. The largest absolute Gasteiger partial charge is 0.495 e. The van der Waals surface area contributed by atoms with Crippen LogP contribution in [0.4, 0.5) is 5.69 Å². The van der Waals surface area contributed by atoms with Crippen molar-refractivity contribution in [2.75, 3.05) is 19.0 Å². The number of carbonyl (C=O) groups is 2. The summed E-state index contributed by atoms with van der Waals surface area (Å²) in [6.45, 7) is 2.00. The van der Waals surface area contributed by atoms with Gasteiger partial charge < -0.3 is 14.8 Å². The summed E-state index contributed by atoms with van der Waals surface area (Å²) in [6.07, 6.45) is 0.0558. The third-order valence-corrected chi connectivity index (χ3v) is 2.47. The number of nitrogens with zero attached hydrogens (tertiary/aromatic N) is 1. The summed E-state index contributed by atoms with van der Waals surface area (Å²) in [5.74, 6) is -0.330. The van der Waals surface area contributed by atoms with Crippen LogP contribution in [-0.4, -0.2) is 25.6 Å². The van der Waals surface area contributed by atoms with Gasteiger partial charge in [-0.25, -0.2) is 0 Å². The molecular formula is C14H16N2O4. The number of amides is 1. The van der Waals surface area contributed by atoms with E-state index in [4.69, 9.17) is 14.7 Å². The number of hydrogen-bond donors (Lipinski definition) is 1. The highest BCUT2D eigenvalue weighted by molar-refractivity contribution is 5.94. The predicted octanol–water partition coefficient (Wildman–Crippen LogP) is 1.85. The smallest absolute Gasteiger partial charge is 0.306 e. The third kappa shape index (κ3) is 4.61. The van der Waals surface area contributed by atoms with E-state index in [9.17, 15) is 9.59 Å². The number of rotatable bonds is 6. The first-order valence-corrected chi connectivity index (χ1v) is 6.14. The van der Waals surface area contributed by atoms with Crippen LogP contribution in [0.2, 0.25) is 0 Å². The minimum Gasteiger partial charge on any atom is -0.495 e. The lowest BCUT2D eigenvalue weighted by molar-refractivity contribution is -0.144. The van der Waals surface area contributed by atoms with Crippen LogP contribution < -0.4 is 10.1 Å². The van der Waals surface area contributed by atoms with E-state index < -0.39 is 5.97 Å². The molecule has 1 N–H and O–H groups in total. The second-order valence-electron chi connectivity index (χ2n) is 3.88. The molecule has 0 aliphatic heterocycles. The molecule has 0 saturated carbocycles. The lowest BCUT2D eigenvalue weighted by atomic mass is 10.2. The summed E-state index contributed by atoms with van der Waals surface area (Å²) in [5, 5.41) is 11.4. The molecule has 106 valence electrons. The Labute approximate surface area is 117 Å². The van der Waals surface area contributed by atoms with Gasteiger partial charge in [-0.3, -0.25) is 9.59 Å². The molecular weight excluding hydrogens is 260 g/mol. The van der Waals surface area contributed by atoms with Gasteiger partial charge in [0.15, 0.2) is 0 Å². The first-order valence-electron chi connectivity index (χ1n) is 6.14. The first-order chi connectivity index (χ1) is 9.60. The third-order valence-electron chi connectivity index (χ3n) is 2.47. The number of nitrogens with one attached hydrogen (secondary N) is 1. The molecule has 1 aromatic rings. The fourth-order valence-electron chi connectivity index (χ4n) is 1.53. The van der Waals surface area contributed by atoms with Crippen LogP contribution in [0.1, 0.15) is 25.3 Å². The molecule has 1 amide bonds. The van der Waals surface area contributed by atoms with Crippen LogP contribution >= 0.6 is 0 Å². The van der Waals surface area contributed by atoms with Gasteiger partial charge in [-0.15, -0.1) is 0 Å². The van der Waals surface area contributed by atoms with Crippen molar-refractivity contribution in [1.29, 1.82) is 5.26 Å².